The number of nitrogens with zero attached hydrogens (tertiary/aromatic N) is 2. The predicted octanol–water partition coefficient (Wildman–Crippen LogP) is 3.82. The highest BCUT2D eigenvalue weighted by atomic mass is 15.3. The summed E-state index contributed by atoms with van der Waals surface area (Å²) in [5.74, 6) is 1.38. The molecule has 0 bridgehead atoms. The van der Waals surface area contributed by atoms with Crippen LogP contribution in [-0.4, -0.2) is 9.78 Å². The maximum atomic E-state index is 6.19. The molecule has 0 aliphatic rings. The van der Waals surface area contributed by atoms with Crippen LogP contribution in [0.15, 0.2) is 24.3 Å². The molecule has 0 saturated heterocycles. The summed E-state index contributed by atoms with van der Waals surface area (Å²) in [6.07, 6.45) is 1.96. The SMILES string of the molecule is CCCc1nn(C)c(Nc2cccc(C(C)C)c2)c1N. The van der Waals surface area contributed by atoms with Crippen molar-refractivity contribution < 1.29 is 0 Å². The van der Waals surface area contributed by atoms with E-state index < -0.39 is 0 Å². The van der Waals surface area contributed by atoms with Gasteiger partial charge in [0.25, 0.3) is 0 Å². The summed E-state index contributed by atoms with van der Waals surface area (Å²) in [6, 6.07) is 8.43. The molecule has 20 heavy (non-hydrogen) atoms. The highest BCUT2D eigenvalue weighted by Crippen LogP contribution is 2.28. The highest BCUT2D eigenvalue weighted by molar-refractivity contribution is 5.71. The standard InChI is InChI=1S/C16H24N4/c1-5-7-14-15(17)16(20(4)19-14)18-13-9-6-8-12(10-13)11(2)3/h6,8-11,18H,5,7,17H2,1-4H3. The fourth-order valence-electron chi connectivity index (χ4n) is 2.28. The number of nitrogen functional groups attached to an aromatic ring is 1. The summed E-state index contributed by atoms with van der Waals surface area (Å²) < 4.78 is 1.82. The van der Waals surface area contributed by atoms with E-state index >= 15 is 0 Å². The minimum Gasteiger partial charge on any atom is -0.394 e. The molecule has 0 amide bonds. The van der Waals surface area contributed by atoms with Gasteiger partial charge in [-0.05, 0) is 30.0 Å². The number of nitrogens with two attached hydrogens (primary N) is 1. The van der Waals surface area contributed by atoms with Crippen LogP contribution >= 0.6 is 0 Å². The van der Waals surface area contributed by atoms with Crippen LogP contribution in [0.25, 0.3) is 0 Å². The largest absolute Gasteiger partial charge is 0.394 e. The number of aromatic nitrogens is 2. The van der Waals surface area contributed by atoms with E-state index in [4.69, 9.17) is 5.73 Å². The van der Waals surface area contributed by atoms with Gasteiger partial charge in [0, 0.05) is 12.7 Å². The molecule has 0 unspecified atom stereocenters. The number of hydrogen-bond acceptors (Lipinski definition) is 3. The Kier molecular flexibility index (Phi) is 4.32. The van der Waals surface area contributed by atoms with Crippen molar-refractivity contribution in [2.45, 2.75) is 39.5 Å². The third-order valence-corrected chi connectivity index (χ3v) is 3.46. The van der Waals surface area contributed by atoms with Crippen molar-refractivity contribution in [2.24, 2.45) is 7.05 Å². The smallest absolute Gasteiger partial charge is 0.152 e. The van der Waals surface area contributed by atoms with Gasteiger partial charge in [-0.2, -0.15) is 5.10 Å². The summed E-state index contributed by atoms with van der Waals surface area (Å²) >= 11 is 0. The second-order valence-electron chi connectivity index (χ2n) is 5.49. The van der Waals surface area contributed by atoms with E-state index in [2.05, 4.69) is 55.5 Å². The Morgan fingerprint density at radius 3 is 2.75 bits per heavy atom. The normalized spacial score (nSPS) is 11.1. The topological polar surface area (TPSA) is 55.9 Å². The lowest BCUT2D eigenvalue weighted by atomic mass is 10.0. The molecule has 1 heterocycles. The van der Waals surface area contributed by atoms with E-state index in [1.54, 1.807) is 0 Å². The van der Waals surface area contributed by atoms with Gasteiger partial charge < -0.3 is 11.1 Å². The summed E-state index contributed by atoms with van der Waals surface area (Å²) in [6.45, 7) is 6.52. The molecule has 4 heteroatoms. The van der Waals surface area contributed by atoms with Crippen LogP contribution in [0.2, 0.25) is 0 Å². The fourth-order valence-corrected chi connectivity index (χ4v) is 2.28. The average Bonchev–Trinajstić information content (AvgIpc) is 2.67. The zero-order valence-electron chi connectivity index (χ0n) is 12.8. The highest BCUT2D eigenvalue weighted by Gasteiger charge is 2.13. The quantitative estimate of drug-likeness (QED) is 0.870. The van der Waals surface area contributed by atoms with Crippen LogP contribution in [0.5, 0.6) is 0 Å². The fraction of sp³-hybridized carbons (Fsp3) is 0.438. The van der Waals surface area contributed by atoms with Crippen LogP contribution in [0.4, 0.5) is 17.2 Å². The minimum atomic E-state index is 0.510. The zero-order chi connectivity index (χ0) is 14.7. The third kappa shape index (κ3) is 2.95. The molecule has 0 aliphatic heterocycles. The first-order chi connectivity index (χ1) is 9.52. The molecule has 0 radical (unpaired) electrons. The Bertz CT molecular complexity index is 584. The Morgan fingerprint density at radius 2 is 2.10 bits per heavy atom. The number of aryl methyl sites for hydroxylation is 2. The molecule has 2 aromatic rings. The number of rotatable bonds is 5. The summed E-state index contributed by atoms with van der Waals surface area (Å²) in [7, 11) is 1.92. The summed E-state index contributed by atoms with van der Waals surface area (Å²) in [5, 5.41) is 7.87. The monoisotopic (exact) mass is 272 g/mol. The minimum absolute atomic E-state index is 0.510. The Hall–Kier alpha value is -1.97. The van der Waals surface area contributed by atoms with E-state index in [1.165, 1.54) is 5.56 Å². The van der Waals surface area contributed by atoms with Gasteiger partial charge in [0.15, 0.2) is 5.82 Å². The van der Waals surface area contributed by atoms with Gasteiger partial charge in [-0.15, -0.1) is 0 Å². The lowest BCUT2D eigenvalue weighted by Crippen LogP contribution is -2.01. The van der Waals surface area contributed by atoms with Crippen molar-refractivity contribution in [3.8, 4) is 0 Å². The van der Waals surface area contributed by atoms with E-state index in [9.17, 15) is 0 Å². The molecule has 3 N–H and O–H groups in total. The van der Waals surface area contributed by atoms with E-state index in [1.807, 2.05) is 11.7 Å². The molecular formula is C16H24N4. The van der Waals surface area contributed by atoms with Gasteiger partial charge in [0.2, 0.25) is 0 Å². The summed E-state index contributed by atoms with van der Waals surface area (Å²) in [5.41, 5.74) is 10.3. The van der Waals surface area contributed by atoms with Gasteiger partial charge in [-0.25, -0.2) is 0 Å². The molecule has 1 aromatic carbocycles. The van der Waals surface area contributed by atoms with Gasteiger partial charge in [0.1, 0.15) is 0 Å². The van der Waals surface area contributed by atoms with E-state index in [-0.39, 0.29) is 0 Å². The van der Waals surface area contributed by atoms with Crippen molar-refractivity contribution in [3.63, 3.8) is 0 Å². The number of nitrogens with one attached hydrogen (secondary N) is 1. The second-order valence-corrected chi connectivity index (χ2v) is 5.49. The molecule has 0 atom stereocenters. The van der Waals surface area contributed by atoms with Gasteiger partial charge in [0.05, 0.1) is 11.4 Å². The first-order valence-electron chi connectivity index (χ1n) is 7.21. The van der Waals surface area contributed by atoms with Crippen molar-refractivity contribution in [1.82, 2.24) is 9.78 Å². The zero-order valence-corrected chi connectivity index (χ0v) is 12.8. The van der Waals surface area contributed by atoms with Crippen molar-refractivity contribution >= 4 is 17.2 Å². The van der Waals surface area contributed by atoms with Crippen LogP contribution in [0.1, 0.15) is 44.4 Å². The lowest BCUT2D eigenvalue weighted by Gasteiger charge is -2.11. The second kappa shape index (κ2) is 5.99. The predicted molar refractivity (Wildman–Crippen MR) is 85.4 cm³/mol. The molecule has 0 fully saturated rings. The molecule has 4 nitrogen and oxygen atoms in total. The maximum absolute atomic E-state index is 6.19. The first kappa shape index (κ1) is 14.4. The van der Waals surface area contributed by atoms with Crippen LogP contribution < -0.4 is 11.1 Å². The molecule has 108 valence electrons. The van der Waals surface area contributed by atoms with Crippen LogP contribution in [0.3, 0.4) is 0 Å². The van der Waals surface area contributed by atoms with E-state index in [0.29, 0.717) is 5.92 Å². The Balaban J connectivity index is 2.28. The number of hydrogen-bond donors (Lipinski definition) is 2. The van der Waals surface area contributed by atoms with Gasteiger partial charge in [-0.1, -0.05) is 39.3 Å². The maximum Gasteiger partial charge on any atom is 0.152 e. The number of benzene rings is 1. The molecule has 0 aliphatic carbocycles. The Morgan fingerprint density at radius 1 is 1.35 bits per heavy atom. The summed E-state index contributed by atoms with van der Waals surface area (Å²) in [4.78, 5) is 0. The third-order valence-electron chi connectivity index (χ3n) is 3.46. The van der Waals surface area contributed by atoms with E-state index in [0.717, 1.165) is 35.7 Å². The molecule has 1 aromatic heterocycles. The van der Waals surface area contributed by atoms with Gasteiger partial charge >= 0.3 is 0 Å². The van der Waals surface area contributed by atoms with Crippen molar-refractivity contribution in [1.29, 1.82) is 0 Å². The molecule has 2 rings (SSSR count). The van der Waals surface area contributed by atoms with Crippen molar-refractivity contribution in [3.05, 3.63) is 35.5 Å². The Labute approximate surface area is 121 Å². The first-order valence-corrected chi connectivity index (χ1v) is 7.21. The molecular weight excluding hydrogens is 248 g/mol. The molecule has 0 spiro atoms. The molecule has 0 saturated carbocycles. The van der Waals surface area contributed by atoms with Crippen LogP contribution in [-0.2, 0) is 13.5 Å². The van der Waals surface area contributed by atoms with Crippen molar-refractivity contribution in [2.75, 3.05) is 11.1 Å². The average molecular weight is 272 g/mol. The van der Waals surface area contributed by atoms with Gasteiger partial charge in [-0.3, -0.25) is 4.68 Å². The lowest BCUT2D eigenvalue weighted by molar-refractivity contribution is 0.740. The van der Waals surface area contributed by atoms with Crippen LogP contribution in [0, 0.1) is 0 Å². The number of anilines is 3.